The van der Waals surface area contributed by atoms with Crippen LogP contribution in [-0.4, -0.2) is 21.0 Å². The number of carbonyl (C=O) groups is 1. The fourth-order valence-electron chi connectivity index (χ4n) is 1.63. The predicted molar refractivity (Wildman–Crippen MR) is 69.1 cm³/mol. The van der Waals surface area contributed by atoms with Crippen molar-refractivity contribution in [2.45, 2.75) is 6.92 Å². The summed E-state index contributed by atoms with van der Waals surface area (Å²) in [6.07, 6.45) is 1.54. The van der Waals surface area contributed by atoms with E-state index in [9.17, 15) is 14.9 Å². The van der Waals surface area contributed by atoms with Gasteiger partial charge in [-0.25, -0.2) is 4.79 Å². The number of para-hydroxylation sites is 1. The van der Waals surface area contributed by atoms with Gasteiger partial charge in [0.1, 0.15) is 11.3 Å². The number of pyridine rings is 1. The molecule has 0 atom stereocenters. The smallest absolute Gasteiger partial charge is 0.339 e. The molecule has 0 saturated heterocycles. The number of aromatic nitrogens is 1. The van der Waals surface area contributed by atoms with Gasteiger partial charge in [0.25, 0.3) is 0 Å². The number of carboxylic acids is 1. The lowest BCUT2D eigenvalue weighted by Gasteiger charge is -2.10. The highest BCUT2D eigenvalue weighted by Crippen LogP contribution is 2.35. The van der Waals surface area contributed by atoms with Crippen LogP contribution >= 0.6 is 0 Å². The van der Waals surface area contributed by atoms with Crippen LogP contribution in [0.3, 0.4) is 0 Å². The number of hydrogen-bond acceptors (Lipinski definition) is 5. The van der Waals surface area contributed by atoms with Crippen molar-refractivity contribution in [3.8, 4) is 11.5 Å². The lowest BCUT2D eigenvalue weighted by molar-refractivity contribution is -0.385. The lowest BCUT2D eigenvalue weighted by Crippen LogP contribution is -2.03. The Labute approximate surface area is 113 Å². The lowest BCUT2D eigenvalue weighted by atomic mass is 10.1. The van der Waals surface area contributed by atoms with Crippen LogP contribution in [0.25, 0.3) is 0 Å². The molecule has 1 aromatic heterocycles. The zero-order valence-corrected chi connectivity index (χ0v) is 10.4. The molecule has 0 aliphatic rings. The summed E-state index contributed by atoms with van der Waals surface area (Å²) in [6, 6.07) is 6.89. The first-order chi connectivity index (χ1) is 9.50. The van der Waals surface area contributed by atoms with Crippen LogP contribution in [0.5, 0.6) is 11.5 Å². The fourth-order valence-corrected chi connectivity index (χ4v) is 1.63. The minimum Gasteiger partial charge on any atom is -0.478 e. The van der Waals surface area contributed by atoms with Gasteiger partial charge in [0, 0.05) is 12.3 Å². The maximum atomic E-state index is 11.2. The Morgan fingerprint density at radius 1 is 1.35 bits per heavy atom. The monoisotopic (exact) mass is 274 g/mol. The van der Waals surface area contributed by atoms with E-state index in [-0.39, 0.29) is 17.1 Å². The van der Waals surface area contributed by atoms with Crippen molar-refractivity contribution in [3.63, 3.8) is 0 Å². The van der Waals surface area contributed by atoms with E-state index in [1.165, 1.54) is 18.2 Å². The van der Waals surface area contributed by atoms with Crippen molar-refractivity contribution in [1.82, 2.24) is 4.98 Å². The van der Waals surface area contributed by atoms with Crippen LogP contribution in [0.2, 0.25) is 0 Å². The van der Waals surface area contributed by atoms with Crippen LogP contribution < -0.4 is 4.74 Å². The maximum Gasteiger partial charge on any atom is 0.339 e. The summed E-state index contributed by atoms with van der Waals surface area (Å²) in [5.74, 6) is -1.34. The zero-order valence-electron chi connectivity index (χ0n) is 10.4. The number of aromatic carboxylic acids is 1. The molecular weight excluding hydrogens is 264 g/mol. The number of ether oxygens (including phenoxy) is 1. The van der Waals surface area contributed by atoms with E-state index in [0.717, 1.165) is 0 Å². The molecule has 0 unspecified atom stereocenters. The number of rotatable bonds is 4. The average molecular weight is 274 g/mol. The second kappa shape index (κ2) is 5.35. The van der Waals surface area contributed by atoms with Crippen molar-refractivity contribution in [2.75, 3.05) is 0 Å². The van der Waals surface area contributed by atoms with Crippen molar-refractivity contribution in [2.24, 2.45) is 0 Å². The third-order valence-corrected chi connectivity index (χ3v) is 2.59. The summed E-state index contributed by atoms with van der Waals surface area (Å²) in [7, 11) is 0. The van der Waals surface area contributed by atoms with Gasteiger partial charge in [-0.15, -0.1) is 0 Å². The fraction of sp³-hybridized carbons (Fsp3) is 0.0769. The SMILES string of the molecule is Cc1ncccc1Oc1c(C(=O)O)cccc1[N+](=O)[O-]. The first-order valence-electron chi connectivity index (χ1n) is 5.61. The van der Waals surface area contributed by atoms with Crippen molar-refractivity contribution in [3.05, 3.63) is 57.9 Å². The summed E-state index contributed by atoms with van der Waals surface area (Å²) in [5, 5.41) is 20.1. The number of nitro groups is 1. The van der Waals surface area contributed by atoms with Gasteiger partial charge in [-0.05, 0) is 25.1 Å². The molecule has 0 aliphatic heterocycles. The molecule has 20 heavy (non-hydrogen) atoms. The van der Waals surface area contributed by atoms with Crippen molar-refractivity contribution >= 4 is 11.7 Å². The first kappa shape index (κ1) is 13.5. The maximum absolute atomic E-state index is 11.2. The van der Waals surface area contributed by atoms with E-state index in [1.54, 1.807) is 25.3 Å². The number of carboxylic acid groups (broad SMARTS) is 1. The molecule has 2 rings (SSSR count). The van der Waals surface area contributed by atoms with E-state index in [2.05, 4.69) is 4.98 Å². The Kier molecular flexibility index (Phi) is 3.60. The van der Waals surface area contributed by atoms with Gasteiger partial charge >= 0.3 is 11.7 Å². The number of aryl methyl sites for hydroxylation is 1. The zero-order chi connectivity index (χ0) is 14.7. The molecule has 7 heteroatoms. The highest BCUT2D eigenvalue weighted by Gasteiger charge is 2.24. The van der Waals surface area contributed by atoms with Crippen LogP contribution in [-0.2, 0) is 0 Å². The van der Waals surface area contributed by atoms with E-state index >= 15 is 0 Å². The minimum atomic E-state index is -1.30. The van der Waals surface area contributed by atoms with Crippen molar-refractivity contribution in [1.29, 1.82) is 0 Å². The number of benzene rings is 1. The molecule has 1 N–H and O–H groups in total. The van der Waals surface area contributed by atoms with Gasteiger partial charge < -0.3 is 9.84 Å². The summed E-state index contributed by atoms with van der Waals surface area (Å²) in [4.78, 5) is 25.4. The normalized spacial score (nSPS) is 10.1. The molecule has 1 aromatic carbocycles. The topological polar surface area (TPSA) is 103 Å². The summed E-state index contributed by atoms with van der Waals surface area (Å²) in [6.45, 7) is 1.66. The third kappa shape index (κ3) is 2.56. The van der Waals surface area contributed by atoms with Crippen molar-refractivity contribution < 1.29 is 19.6 Å². The Hall–Kier alpha value is -2.96. The molecule has 0 fully saturated rings. The number of hydrogen-bond donors (Lipinski definition) is 1. The number of nitrogens with zero attached hydrogens (tertiary/aromatic N) is 2. The Morgan fingerprint density at radius 3 is 2.70 bits per heavy atom. The third-order valence-electron chi connectivity index (χ3n) is 2.59. The van der Waals surface area contributed by atoms with Gasteiger partial charge in [-0.2, -0.15) is 0 Å². The summed E-state index contributed by atoms with van der Waals surface area (Å²) >= 11 is 0. The van der Waals surface area contributed by atoms with Crippen LogP contribution in [0.15, 0.2) is 36.5 Å². The highest BCUT2D eigenvalue weighted by atomic mass is 16.6. The summed E-state index contributed by atoms with van der Waals surface area (Å²) in [5.41, 5.74) is -0.183. The van der Waals surface area contributed by atoms with Crippen LogP contribution in [0.4, 0.5) is 5.69 Å². The average Bonchev–Trinajstić information content (AvgIpc) is 2.41. The highest BCUT2D eigenvalue weighted by molar-refractivity contribution is 5.92. The van der Waals surface area contributed by atoms with E-state index < -0.39 is 16.6 Å². The van der Waals surface area contributed by atoms with Gasteiger partial charge in [0.05, 0.1) is 10.6 Å². The quantitative estimate of drug-likeness (QED) is 0.679. The molecule has 0 radical (unpaired) electrons. The Morgan fingerprint density at radius 2 is 2.10 bits per heavy atom. The molecule has 0 saturated carbocycles. The summed E-state index contributed by atoms with van der Waals surface area (Å²) < 4.78 is 5.41. The Balaban J connectivity index is 2.57. The van der Waals surface area contributed by atoms with E-state index in [1.807, 2.05) is 0 Å². The largest absolute Gasteiger partial charge is 0.478 e. The molecule has 102 valence electrons. The molecule has 1 heterocycles. The molecule has 0 spiro atoms. The van der Waals surface area contributed by atoms with Gasteiger partial charge in [0.2, 0.25) is 5.75 Å². The number of nitro benzene ring substituents is 1. The van der Waals surface area contributed by atoms with E-state index in [0.29, 0.717) is 5.69 Å². The molecule has 7 nitrogen and oxygen atoms in total. The molecule has 2 aromatic rings. The molecule has 0 aliphatic carbocycles. The van der Waals surface area contributed by atoms with Gasteiger partial charge in [-0.3, -0.25) is 15.1 Å². The molecule has 0 bridgehead atoms. The minimum absolute atomic E-state index is 0.268. The second-order valence-electron chi connectivity index (χ2n) is 3.91. The van der Waals surface area contributed by atoms with Gasteiger partial charge in [0.15, 0.2) is 0 Å². The second-order valence-corrected chi connectivity index (χ2v) is 3.91. The standard InChI is InChI=1S/C13H10N2O5/c1-8-11(6-3-7-14-8)20-12-9(13(16)17)4-2-5-10(12)15(18)19/h2-7H,1H3,(H,16,17). The van der Waals surface area contributed by atoms with Crippen LogP contribution in [0.1, 0.15) is 16.1 Å². The predicted octanol–water partition coefficient (Wildman–Crippen LogP) is 2.79. The van der Waals surface area contributed by atoms with E-state index in [4.69, 9.17) is 9.84 Å². The Bertz CT molecular complexity index is 652. The molecule has 0 amide bonds. The van der Waals surface area contributed by atoms with Gasteiger partial charge in [-0.1, -0.05) is 6.07 Å². The first-order valence-corrected chi connectivity index (χ1v) is 5.61. The molecular formula is C13H10N2O5. The van der Waals surface area contributed by atoms with Crippen LogP contribution in [0, 0.1) is 17.0 Å².